The standard InChI is InChI=1S/C22H21ClN2O3/c23-18-10-8-16(9-11-18)12-13-24-21(26)19(15-17-5-2-1-3-6-17)25-22(27)20-7-4-14-28-20/h1-11,14,19H,12-13,15H2,(H,24,26)(H,25,27)/t19-/m0/s1. The Labute approximate surface area is 168 Å². The first-order chi connectivity index (χ1) is 13.6. The van der Waals surface area contributed by atoms with Gasteiger partial charge < -0.3 is 15.1 Å². The summed E-state index contributed by atoms with van der Waals surface area (Å²) in [5.74, 6) is -0.483. The lowest BCUT2D eigenvalue weighted by Crippen LogP contribution is -2.48. The van der Waals surface area contributed by atoms with E-state index in [-0.39, 0.29) is 11.7 Å². The summed E-state index contributed by atoms with van der Waals surface area (Å²) in [5, 5.41) is 6.34. The first kappa shape index (κ1) is 19.7. The molecule has 0 saturated carbocycles. The smallest absolute Gasteiger partial charge is 0.287 e. The normalized spacial score (nSPS) is 11.6. The molecule has 0 aliphatic heterocycles. The number of carbonyl (C=O) groups is 2. The Morgan fingerprint density at radius 3 is 2.36 bits per heavy atom. The number of halogens is 1. The van der Waals surface area contributed by atoms with Gasteiger partial charge in [-0.2, -0.15) is 0 Å². The predicted molar refractivity (Wildman–Crippen MR) is 108 cm³/mol. The van der Waals surface area contributed by atoms with E-state index in [1.165, 1.54) is 6.26 Å². The molecule has 0 aliphatic carbocycles. The summed E-state index contributed by atoms with van der Waals surface area (Å²) in [6.45, 7) is 0.461. The van der Waals surface area contributed by atoms with Gasteiger partial charge in [-0.3, -0.25) is 9.59 Å². The molecule has 0 spiro atoms. The molecule has 6 heteroatoms. The lowest BCUT2D eigenvalue weighted by molar-refractivity contribution is -0.122. The second-order valence-corrected chi connectivity index (χ2v) is 6.80. The molecule has 0 fully saturated rings. The zero-order valence-corrected chi connectivity index (χ0v) is 16.0. The van der Waals surface area contributed by atoms with Crippen LogP contribution in [0.3, 0.4) is 0 Å². The van der Waals surface area contributed by atoms with Crippen molar-refractivity contribution in [3.63, 3.8) is 0 Å². The van der Waals surface area contributed by atoms with Gasteiger partial charge in [0.1, 0.15) is 6.04 Å². The van der Waals surface area contributed by atoms with Crippen LogP contribution in [0.4, 0.5) is 0 Å². The van der Waals surface area contributed by atoms with Crippen molar-refractivity contribution >= 4 is 23.4 Å². The maximum absolute atomic E-state index is 12.7. The molecule has 0 saturated heterocycles. The Hall–Kier alpha value is -3.05. The molecule has 5 nitrogen and oxygen atoms in total. The van der Waals surface area contributed by atoms with E-state index >= 15 is 0 Å². The van der Waals surface area contributed by atoms with E-state index < -0.39 is 11.9 Å². The first-order valence-corrected chi connectivity index (χ1v) is 9.40. The van der Waals surface area contributed by atoms with Crippen LogP contribution < -0.4 is 10.6 Å². The quantitative estimate of drug-likeness (QED) is 0.610. The van der Waals surface area contributed by atoms with Gasteiger partial charge in [-0.1, -0.05) is 54.1 Å². The predicted octanol–water partition coefficient (Wildman–Crippen LogP) is 3.63. The minimum absolute atomic E-state index is 0.173. The van der Waals surface area contributed by atoms with Crippen molar-refractivity contribution in [1.29, 1.82) is 0 Å². The number of nitrogens with one attached hydrogen (secondary N) is 2. The van der Waals surface area contributed by atoms with Gasteiger partial charge in [-0.05, 0) is 41.8 Å². The van der Waals surface area contributed by atoms with Crippen LogP contribution in [0.15, 0.2) is 77.4 Å². The summed E-state index contributed by atoms with van der Waals surface area (Å²) in [7, 11) is 0. The molecule has 0 bridgehead atoms. The van der Waals surface area contributed by atoms with E-state index in [9.17, 15) is 9.59 Å². The van der Waals surface area contributed by atoms with Crippen molar-refractivity contribution in [1.82, 2.24) is 10.6 Å². The molecule has 0 aliphatic rings. The Morgan fingerprint density at radius 1 is 0.929 bits per heavy atom. The molecule has 0 radical (unpaired) electrons. The first-order valence-electron chi connectivity index (χ1n) is 9.02. The average Bonchev–Trinajstić information content (AvgIpc) is 3.25. The summed E-state index contributed by atoms with van der Waals surface area (Å²) in [6.07, 6.45) is 2.49. The number of amides is 2. The molecule has 28 heavy (non-hydrogen) atoms. The molecule has 2 N–H and O–H groups in total. The topological polar surface area (TPSA) is 71.3 Å². The van der Waals surface area contributed by atoms with Crippen molar-refractivity contribution in [2.24, 2.45) is 0 Å². The van der Waals surface area contributed by atoms with Gasteiger partial charge in [0.2, 0.25) is 5.91 Å². The van der Waals surface area contributed by atoms with Crippen LogP contribution in [0.2, 0.25) is 5.02 Å². The summed E-state index contributed by atoms with van der Waals surface area (Å²) < 4.78 is 5.12. The van der Waals surface area contributed by atoms with Crippen molar-refractivity contribution in [2.75, 3.05) is 6.54 Å². The van der Waals surface area contributed by atoms with Crippen LogP contribution >= 0.6 is 11.6 Å². The van der Waals surface area contributed by atoms with Crippen molar-refractivity contribution < 1.29 is 14.0 Å². The van der Waals surface area contributed by atoms with Gasteiger partial charge in [0, 0.05) is 18.0 Å². The highest BCUT2D eigenvalue weighted by Crippen LogP contribution is 2.10. The van der Waals surface area contributed by atoms with Crippen LogP contribution in [0.25, 0.3) is 0 Å². The third kappa shape index (κ3) is 5.72. The van der Waals surface area contributed by atoms with E-state index in [0.29, 0.717) is 24.4 Å². The minimum Gasteiger partial charge on any atom is -0.459 e. The van der Waals surface area contributed by atoms with Gasteiger partial charge in [0.05, 0.1) is 6.26 Å². The van der Waals surface area contributed by atoms with Gasteiger partial charge in [-0.15, -0.1) is 0 Å². The number of furan rings is 1. The van der Waals surface area contributed by atoms with E-state index in [1.54, 1.807) is 12.1 Å². The summed E-state index contributed by atoms with van der Waals surface area (Å²) in [4.78, 5) is 25.1. The highest BCUT2D eigenvalue weighted by molar-refractivity contribution is 6.30. The van der Waals surface area contributed by atoms with Crippen molar-refractivity contribution in [3.05, 3.63) is 94.9 Å². The molecular formula is C22H21ClN2O3. The molecule has 3 rings (SSSR count). The number of hydrogen-bond donors (Lipinski definition) is 2. The number of benzene rings is 2. The molecule has 0 unspecified atom stereocenters. The lowest BCUT2D eigenvalue weighted by atomic mass is 10.0. The molecule has 1 aromatic heterocycles. The van der Waals surface area contributed by atoms with Crippen LogP contribution in [-0.2, 0) is 17.6 Å². The highest BCUT2D eigenvalue weighted by Gasteiger charge is 2.22. The second kappa shape index (κ2) is 9.76. The Bertz CT molecular complexity index is 893. The molecule has 2 amide bonds. The number of hydrogen-bond acceptors (Lipinski definition) is 3. The molecule has 144 valence electrons. The molecule has 2 aromatic carbocycles. The van der Waals surface area contributed by atoms with Gasteiger partial charge in [0.25, 0.3) is 5.91 Å². The van der Waals surface area contributed by atoms with Gasteiger partial charge >= 0.3 is 0 Å². The zero-order valence-electron chi connectivity index (χ0n) is 15.2. The van der Waals surface area contributed by atoms with Crippen molar-refractivity contribution in [2.45, 2.75) is 18.9 Å². The van der Waals surface area contributed by atoms with Crippen LogP contribution in [0.5, 0.6) is 0 Å². The average molecular weight is 397 g/mol. The lowest BCUT2D eigenvalue weighted by Gasteiger charge is -2.18. The maximum atomic E-state index is 12.7. The highest BCUT2D eigenvalue weighted by atomic mass is 35.5. The van der Waals surface area contributed by atoms with E-state index in [0.717, 1.165) is 11.1 Å². The Kier molecular flexibility index (Phi) is 6.87. The maximum Gasteiger partial charge on any atom is 0.287 e. The molecule has 1 heterocycles. The Morgan fingerprint density at radius 2 is 1.68 bits per heavy atom. The third-order valence-corrected chi connectivity index (χ3v) is 4.53. The van der Waals surface area contributed by atoms with E-state index in [4.69, 9.17) is 16.0 Å². The third-order valence-electron chi connectivity index (χ3n) is 4.28. The number of carbonyl (C=O) groups excluding carboxylic acids is 2. The SMILES string of the molecule is O=C(N[C@@H](Cc1ccccc1)C(=O)NCCc1ccc(Cl)cc1)c1ccco1. The summed E-state index contributed by atoms with van der Waals surface area (Å²) in [6, 6.07) is 19.5. The summed E-state index contributed by atoms with van der Waals surface area (Å²) in [5.41, 5.74) is 2.03. The van der Waals surface area contributed by atoms with Gasteiger partial charge in [-0.25, -0.2) is 0 Å². The van der Waals surface area contributed by atoms with Crippen LogP contribution in [0, 0.1) is 0 Å². The molecule has 3 aromatic rings. The molecule has 1 atom stereocenters. The summed E-state index contributed by atoms with van der Waals surface area (Å²) >= 11 is 5.89. The number of rotatable bonds is 8. The second-order valence-electron chi connectivity index (χ2n) is 6.36. The fourth-order valence-corrected chi connectivity index (χ4v) is 2.93. The minimum atomic E-state index is -0.704. The van der Waals surface area contributed by atoms with E-state index in [1.807, 2.05) is 54.6 Å². The zero-order chi connectivity index (χ0) is 19.8. The van der Waals surface area contributed by atoms with Crippen LogP contribution in [-0.4, -0.2) is 24.4 Å². The monoisotopic (exact) mass is 396 g/mol. The van der Waals surface area contributed by atoms with Crippen LogP contribution in [0.1, 0.15) is 21.7 Å². The Balaban J connectivity index is 1.61. The largest absolute Gasteiger partial charge is 0.459 e. The van der Waals surface area contributed by atoms with E-state index in [2.05, 4.69) is 10.6 Å². The fourth-order valence-electron chi connectivity index (χ4n) is 2.80. The fraction of sp³-hybridized carbons (Fsp3) is 0.182. The van der Waals surface area contributed by atoms with Gasteiger partial charge in [0.15, 0.2) is 5.76 Å². The molecular weight excluding hydrogens is 376 g/mol. The van der Waals surface area contributed by atoms with Crippen molar-refractivity contribution in [3.8, 4) is 0 Å².